The van der Waals surface area contributed by atoms with Crippen molar-refractivity contribution in [3.8, 4) is 5.75 Å². The molecule has 2 aromatic carbocycles. The van der Waals surface area contributed by atoms with Gasteiger partial charge >= 0.3 is 0 Å². The first-order valence-corrected chi connectivity index (χ1v) is 11.7. The van der Waals surface area contributed by atoms with Crippen molar-refractivity contribution in [3.63, 3.8) is 0 Å². The summed E-state index contributed by atoms with van der Waals surface area (Å²) < 4.78 is 5.84. The summed E-state index contributed by atoms with van der Waals surface area (Å²) >= 11 is 12.7. The zero-order chi connectivity index (χ0) is 23.7. The summed E-state index contributed by atoms with van der Waals surface area (Å²) in [5.41, 5.74) is 2.59. The SMILES string of the molecule is CCCCNC(=O)C(CC)N(Cc1c(Cl)cccc1Cl)C(=O)COc1cc(C)ccc1C. The molecule has 0 saturated heterocycles. The predicted molar refractivity (Wildman–Crippen MR) is 130 cm³/mol. The van der Waals surface area contributed by atoms with Crippen molar-refractivity contribution in [2.24, 2.45) is 0 Å². The van der Waals surface area contributed by atoms with Crippen LogP contribution < -0.4 is 10.1 Å². The molecule has 5 nitrogen and oxygen atoms in total. The zero-order valence-electron chi connectivity index (χ0n) is 19.2. The highest BCUT2D eigenvalue weighted by Gasteiger charge is 2.30. The van der Waals surface area contributed by atoms with E-state index in [0.29, 0.717) is 34.3 Å². The molecule has 1 N–H and O–H groups in total. The molecule has 174 valence electrons. The Morgan fingerprint density at radius 3 is 2.41 bits per heavy atom. The van der Waals surface area contributed by atoms with Gasteiger partial charge in [0.05, 0.1) is 0 Å². The van der Waals surface area contributed by atoms with Crippen LogP contribution in [0.4, 0.5) is 0 Å². The number of carbonyl (C=O) groups excluding carboxylic acids is 2. The third kappa shape index (κ3) is 7.14. The minimum atomic E-state index is -0.658. The molecule has 2 aromatic rings. The van der Waals surface area contributed by atoms with Crippen molar-refractivity contribution in [2.75, 3.05) is 13.2 Å². The van der Waals surface area contributed by atoms with E-state index in [9.17, 15) is 9.59 Å². The number of halogens is 2. The summed E-state index contributed by atoms with van der Waals surface area (Å²) in [5, 5.41) is 3.84. The number of carbonyl (C=O) groups is 2. The number of nitrogens with one attached hydrogen (secondary N) is 1. The Hall–Kier alpha value is -2.24. The highest BCUT2D eigenvalue weighted by molar-refractivity contribution is 6.36. The van der Waals surface area contributed by atoms with E-state index in [1.807, 2.05) is 39.0 Å². The molecule has 0 spiro atoms. The maximum absolute atomic E-state index is 13.3. The van der Waals surface area contributed by atoms with Gasteiger partial charge in [0.25, 0.3) is 5.91 Å². The number of amides is 2. The molecule has 0 radical (unpaired) electrons. The van der Waals surface area contributed by atoms with E-state index in [4.69, 9.17) is 27.9 Å². The van der Waals surface area contributed by atoms with Crippen molar-refractivity contribution >= 4 is 35.0 Å². The lowest BCUT2D eigenvalue weighted by Gasteiger charge is -2.31. The van der Waals surface area contributed by atoms with Crippen LogP contribution in [-0.2, 0) is 16.1 Å². The topological polar surface area (TPSA) is 58.6 Å². The molecule has 7 heteroatoms. The number of nitrogens with zero attached hydrogens (tertiary/aromatic N) is 1. The molecule has 0 fully saturated rings. The normalized spacial score (nSPS) is 11.7. The molecule has 1 unspecified atom stereocenters. The predicted octanol–water partition coefficient (Wildman–Crippen LogP) is 5.71. The number of ether oxygens (including phenoxy) is 1. The van der Waals surface area contributed by atoms with Gasteiger partial charge in [0, 0.05) is 28.7 Å². The lowest BCUT2D eigenvalue weighted by Crippen LogP contribution is -2.50. The van der Waals surface area contributed by atoms with Crippen LogP contribution in [0.3, 0.4) is 0 Å². The fraction of sp³-hybridized carbons (Fsp3) is 0.440. The van der Waals surface area contributed by atoms with Gasteiger partial charge in [-0.2, -0.15) is 0 Å². The van der Waals surface area contributed by atoms with E-state index in [1.165, 1.54) is 4.90 Å². The van der Waals surface area contributed by atoms with Crippen LogP contribution in [0, 0.1) is 13.8 Å². The molecular weight excluding hydrogens is 447 g/mol. The van der Waals surface area contributed by atoms with Gasteiger partial charge in [-0.05, 0) is 56.0 Å². The fourth-order valence-electron chi connectivity index (χ4n) is 3.36. The summed E-state index contributed by atoms with van der Waals surface area (Å²) in [6.07, 6.45) is 2.30. The number of benzene rings is 2. The molecule has 0 heterocycles. The molecule has 0 saturated carbocycles. The molecule has 0 bridgehead atoms. The molecule has 0 aromatic heterocycles. The van der Waals surface area contributed by atoms with Crippen molar-refractivity contribution in [1.29, 1.82) is 0 Å². The molecule has 0 aliphatic carbocycles. The Morgan fingerprint density at radius 1 is 1.09 bits per heavy atom. The molecule has 2 amide bonds. The van der Waals surface area contributed by atoms with Crippen LogP contribution in [-0.4, -0.2) is 35.9 Å². The van der Waals surface area contributed by atoms with Gasteiger partial charge < -0.3 is 15.0 Å². The van der Waals surface area contributed by atoms with Crippen molar-refractivity contribution < 1.29 is 14.3 Å². The second kappa shape index (κ2) is 12.7. The lowest BCUT2D eigenvalue weighted by atomic mass is 10.1. The largest absolute Gasteiger partial charge is 0.483 e. The Balaban J connectivity index is 2.27. The third-order valence-corrected chi connectivity index (χ3v) is 6.01. The molecule has 32 heavy (non-hydrogen) atoms. The Labute approximate surface area is 201 Å². The number of aryl methyl sites for hydroxylation is 2. The molecule has 0 aliphatic heterocycles. The van der Waals surface area contributed by atoms with E-state index in [1.54, 1.807) is 18.2 Å². The summed E-state index contributed by atoms with van der Waals surface area (Å²) in [4.78, 5) is 27.7. The number of unbranched alkanes of at least 4 members (excludes halogenated alkanes) is 1. The fourth-order valence-corrected chi connectivity index (χ4v) is 3.88. The third-order valence-electron chi connectivity index (χ3n) is 5.30. The van der Waals surface area contributed by atoms with Gasteiger partial charge in [-0.3, -0.25) is 9.59 Å². The average molecular weight is 479 g/mol. The monoisotopic (exact) mass is 478 g/mol. The second-order valence-electron chi connectivity index (χ2n) is 7.85. The Bertz CT molecular complexity index is 913. The van der Waals surface area contributed by atoms with Crippen molar-refractivity contribution in [3.05, 3.63) is 63.1 Å². The Morgan fingerprint density at radius 2 is 1.78 bits per heavy atom. The standard InChI is InChI=1S/C25H32Cl2N2O3/c1-5-7-13-28-25(31)22(6-2)29(15-19-20(26)9-8-10-21(19)27)24(30)16-32-23-14-17(3)11-12-18(23)4/h8-12,14,22H,5-7,13,15-16H2,1-4H3,(H,28,31). The van der Waals surface area contributed by atoms with E-state index < -0.39 is 6.04 Å². The smallest absolute Gasteiger partial charge is 0.261 e. The highest BCUT2D eigenvalue weighted by Crippen LogP contribution is 2.27. The van der Waals surface area contributed by atoms with Crippen LogP contribution >= 0.6 is 23.2 Å². The van der Waals surface area contributed by atoms with Gasteiger partial charge in [-0.25, -0.2) is 0 Å². The summed E-state index contributed by atoms with van der Waals surface area (Å²) in [6, 6.07) is 10.4. The molecule has 2 rings (SSSR count). The van der Waals surface area contributed by atoms with Crippen LogP contribution in [0.25, 0.3) is 0 Å². The maximum Gasteiger partial charge on any atom is 0.261 e. The van der Waals surface area contributed by atoms with Gasteiger partial charge in [0.1, 0.15) is 11.8 Å². The van der Waals surface area contributed by atoms with Gasteiger partial charge in [-0.15, -0.1) is 0 Å². The van der Waals surface area contributed by atoms with E-state index in [2.05, 4.69) is 12.2 Å². The highest BCUT2D eigenvalue weighted by atomic mass is 35.5. The zero-order valence-corrected chi connectivity index (χ0v) is 20.7. The van der Waals surface area contributed by atoms with Crippen LogP contribution in [0.15, 0.2) is 36.4 Å². The van der Waals surface area contributed by atoms with Crippen LogP contribution in [0.2, 0.25) is 10.0 Å². The minimum absolute atomic E-state index is 0.118. The number of hydrogen-bond donors (Lipinski definition) is 1. The summed E-state index contributed by atoms with van der Waals surface area (Å²) in [6.45, 7) is 8.33. The average Bonchev–Trinajstić information content (AvgIpc) is 2.76. The second-order valence-corrected chi connectivity index (χ2v) is 8.66. The van der Waals surface area contributed by atoms with Gasteiger partial charge in [0.15, 0.2) is 6.61 Å². The molecular formula is C25H32Cl2N2O3. The first-order valence-electron chi connectivity index (χ1n) is 11.0. The lowest BCUT2D eigenvalue weighted by molar-refractivity contribution is -0.143. The van der Waals surface area contributed by atoms with E-state index in [-0.39, 0.29) is 25.0 Å². The van der Waals surface area contributed by atoms with Crippen molar-refractivity contribution in [2.45, 2.75) is 59.5 Å². The molecule has 1 atom stereocenters. The first kappa shape index (κ1) is 26.0. The number of rotatable bonds is 11. The first-order chi connectivity index (χ1) is 15.3. The van der Waals surface area contributed by atoms with E-state index in [0.717, 1.165) is 24.0 Å². The van der Waals surface area contributed by atoms with Gasteiger partial charge in [0.2, 0.25) is 5.91 Å². The van der Waals surface area contributed by atoms with Gasteiger partial charge in [-0.1, -0.05) is 61.7 Å². The summed E-state index contributed by atoms with van der Waals surface area (Å²) in [7, 11) is 0. The maximum atomic E-state index is 13.3. The Kier molecular flexibility index (Phi) is 10.3. The summed E-state index contributed by atoms with van der Waals surface area (Å²) in [5.74, 6) is 0.151. The van der Waals surface area contributed by atoms with Crippen molar-refractivity contribution in [1.82, 2.24) is 10.2 Å². The minimum Gasteiger partial charge on any atom is -0.483 e. The molecule has 0 aliphatic rings. The van der Waals surface area contributed by atoms with Crippen LogP contribution in [0.1, 0.15) is 49.8 Å². The van der Waals surface area contributed by atoms with Crippen LogP contribution in [0.5, 0.6) is 5.75 Å². The van der Waals surface area contributed by atoms with E-state index >= 15 is 0 Å². The number of hydrogen-bond acceptors (Lipinski definition) is 3. The quantitative estimate of drug-likeness (QED) is 0.420.